The molecule has 26 heavy (non-hydrogen) atoms. The monoisotopic (exact) mass is 373 g/mol. The second-order valence-corrected chi connectivity index (χ2v) is 6.35. The summed E-state index contributed by atoms with van der Waals surface area (Å²) in [4.78, 5) is 19.4. The fraction of sp³-hybridized carbons (Fsp3) is 0.158. The van der Waals surface area contributed by atoms with Crippen LogP contribution >= 0.6 is 11.6 Å². The van der Waals surface area contributed by atoms with Gasteiger partial charge in [-0.15, -0.1) is 0 Å². The Kier molecular flexibility index (Phi) is 4.95. The molecule has 0 aliphatic rings. The van der Waals surface area contributed by atoms with Crippen LogP contribution in [-0.2, 0) is 6.54 Å². The summed E-state index contributed by atoms with van der Waals surface area (Å²) in [6, 6.07) is 7.48. The Morgan fingerprint density at radius 3 is 2.69 bits per heavy atom. The first kappa shape index (κ1) is 17.9. The van der Waals surface area contributed by atoms with Crippen molar-refractivity contribution in [2.75, 3.05) is 0 Å². The molecule has 0 saturated heterocycles. The molecule has 0 bridgehead atoms. The SMILES string of the molecule is Cc1[nH]c(C(=O)NCc2ccc(F)cc2)c(C)c1-c1cc(Cl)ncc1O. The summed E-state index contributed by atoms with van der Waals surface area (Å²) in [5.74, 6) is -0.630. The predicted octanol–water partition coefficient (Wildman–Crippen LogP) is 4.12. The van der Waals surface area contributed by atoms with Crippen molar-refractivity contribution in [3.05, 3.63) is 70.0 Å². The number of H-pyrrole nitrogens is 1. The Labute approximate surface area is 154 Å². The number of carbonyl (C=O) groups is 1. The van der Waals surface area contributed by atoms with Crippen molar-refractivity contribution in [3.63, 3.8) is 0 Å². The van der Waals surface area contributed by atoms with E-state index < -0.39 is 0 Å². The first-order valence-corrected chi connectivity index (χ1v) is 8.31. The number of nitrogens with one attached hydrogen (secondary N) is 2. The van der Waals surface area contributed by atoms with Gasteiger partial charge in [0.25, 0.3) is 5.91 Å². The number of pyridine rings is 1. The summed E-state index contributed by atoms with van der Waals surface area (Å²) in [6.07, 6.45) is 1.28. The van der Waals surface area contributed by atoms with Gasteiger partial charge in [0.05, 0.1) is 6.20 Å². The normalized spacial score (nSPS) is 10.8. The van der Waals surface area contributed by atoms with Crippen LogP contribution in [0, 0.1) is 19.7 Å². The third-order valence-corrected chi connectivity index (χ3v) is 4.36. The summed E-state index contributed by atoms with van der Waals surface area (Å²) < 4.78 is 12.9. The molecule has 134 valence electrons. The van der Waals surface area contributed by atoms with Crippen molar-refractivity contribution in [2.45, 2.75) is 20.4 Å². The van der Waals surface area contributed by atoms with Crippen LogP contribution in [0.4, 0.5) is 4.39 Å². The van der Waals surface area contributed by atoms with Crippen LogP contribution in [0.3, 0.4) is 0 Å². The van der Waals surface area contributed by atoms with E-state index in [1.807, 2.05) is 6.92 Å². The van der Waals surface area contributed by atoms with Gasteiger partial charge in [-0.1, -0.05) is 23.7 Å². The topological polar surface area (TPSA) is 78.0 Å². The van der Waals surface area contributed by atoms with E-state index in [1.165, 1.54) is 18.3 Å². The number of aromatic nitrogens is 2. The van der Waals surface area contributed by atoms with Crippen LogP contribution < -0.4 is 5.32 Å². The molecule has 7 heteroatoms. The Balaban J connectivity index is 1.86. The average Bonchev–Trinajstić information content (AvgIpc) is 2.91. The highest BCUT2D eigenvalue weighted by Crippen LogP contribution is 2.36. The van der Waals surface area contributed by atoms with Crippen LogP contribution in [0.1, 0.15) is 27.3 Å². The van der Waals surface area contributed by atoms with Gasteiger partial charge in [0.1, 0.15) is 22.4 Å². The number of aromatic hydroxyl groups is 1. The summed E-state index contributed by atoms with van der Waals surface area (Å²) in [5, 5.41) is 13.1. The summed E-state index contributed by atoms with van der Waals surface area (Å²) in [5.41, 5.74) is 3.82. The number of benzene rings is 1. The maximum atomic E-state index is 12.9. The molecule has 0 spiro atoms. The fourth-order valence-corrected chi connectivity index (χ4v) is 3.03. The molecule has 3 rings (SSSR count). The number of aromatic amines is 1. The third-order valence-electron chi connectivity index (χ3n) is 4.15. The molecular weight excluding hydrogens is 357 g/mol. The van der Waals surface area contributed by atoms with Crippen LogP contribution in [0.25, 0.3) is 11.1 Å². The Hall–Kier alpha value is -2.86. The molecule has 0 atom stereocenters. The quantitative estimate of drug-likeness (QED) is 0.602. The zero-order valence-electron chi connectivity index (χ0n) is 14.2. The lowest BCUT2D eigenvalue weighted by Gasteiger charge is -2.07. The van der Waals surface area contributed by atoms with Gasteiger partial charge in [-0.05, 0) is 43.2 Å². The van der Waals surface area contributed by atoms with Gasteiger partial charge in [-0.2, -0.15) is 0 Å². The maximum Gasteiger partial charge on any atom is 0.268 e. The zero-order chi connectivity index (χ0) is 18.8. The van der Waals surface area contributed by atoms with Crippen molar-refractivity contribution in [1.29, 1.82) is 0 Å². The minimum atomic E-state index is -0.323. The summed E-state index contributed by atoms with van der Waals surface area (Å²) >= 11 is 5.93. The van der Waals surface area contributed by atoms with E-state index in [2.05, 4.69) is 15.3 Å². The van der Waals surface area contributed by atoms with Crippen LogP contribution in [-0.4, -0.2) is 21.0 Å². The van der Waals surface area contributed by atoms with E-state index in [-0.39, 0.29) is 29.2 Å². The predicted molar refractivity (Wildman–Crippen MR) is 97.7 cm³/mol. The number of halogens is 2. The fourth-order valence-electron chi connectivity index (χ4n) is 2.88. The second-order valence-electron chi connectivity index (χ2n) is 5.96. The highest BCUT2D eigenvalue weighted by Gasteiger charge is 2.20. The summed E-state index contributed by atoms with van der Waals surface area (Å²) in [6.45, 7) is 3.88. The van der Waals surface area contributed by atoms with Gasteiger partial charge < -0.3 is 15.4 Å². The first-order valence-electron chi connectivity index (χ1n) is 7.93. The van der Waals surface area contributed by atoms with E-state index in [4.69, 9.17) is 11.6 Å². The number of nitrogens with zero attached hydrogens (tertiary/aromatic N) is 1. The molecule has 0 unspecified atom stereocenters. The Morgan fingerprint density at radius 2 is 2.00 bits per heavy atom. The molecule has 0 aliphatic carbocycles. The lowest BCUT2D eigenvalue weighted by atomic mass is 10.0. The zero-order valence-corrected chi connectivity index (χ0v) is 15.0. The molecule has 2 heterocycles. The van der Waals surface area contributed by atoms with E-state index in [0.29, 0.717) is 22.4 Å². The highest BCUT2D eigenvalue weighted by molar-refractivity contribution is 6.29. The molecule has 3 aromatic rings. The van der Waals surface area contributed by atoms with Gasteiger partial charge in [0, 0.05) is 23.4 Å². The van der Waals surface area contributed by atoms with Crippen molar-refractivity contribution in [1.82, 2.24) is 15.3 Å². The van der Waals surface area contributed by atoms with E-state index >= 15 is 0 Å². The Morgan fingerprint density at radius 1 is 1.31 bits per heavy atom. The van der Waals surface area contributed by atoms with Crippen molar-refractivity contribution >= 4 is 17.5 Å². The van der Waals surface area contributed by atoms with Gasteiger partial charge >= 0.3 is 0 Å². The minimum absolute atomic E-state index is 0.0159. The highest BCUT2D eigenvalue weighted by atomic mass is 35.5. The number of hydrogen-bond donors (Lipinski definition) is 3. The van der Waals surface area contributed by atoms with Crippen molar-refractivity contribution in [3.8, 4) is 16.9 Å². The molecule has 0 radical (unpaired) electrons. The van der Waals surface area contributed by atoms with Gasteiger partial charge in [-0.25, -0.2) is 9.37 Å². The van der Waals surface area contributed by atoms with Crippen LogP contribution in [0.5, 0.6) is 5.75 Å². The molecule has 1 amide bonds. The molecule has 5 nitrogen and oxygen atoms in total. The maximum absolute atomic E-state index is 12.9. The number of amides is 1. The molecule has 0 aliphatic heterocycles. The molecule has 3 N–H and O–H groups in total. The van der Waals surface area contributed by atoms with Gasteiger partial charge in [0.2, 0.25) is 0 Å². The number of aryl methyl sites for hydroxylation is 1. The molecule has 1 aromatic carbocycles. The van der Waals surface area contributed by atoms with Gasteiger partial charge in [0.15, 0.2) is 0 Å². The third kappa shape index (κ3) is 3.55. The van der Waals surface area contributed by atoms with Crippen LogP contribution in [0.15, 0.2) is 36.5 Å². The molecule has 0 saturated carbocycles. The standard InChI is InChI=1S/C19H17ClFN3O2/c1-10-17(14-7-16(20)22-9-15(14)25)11(2)24-18(10)19(26)23-8-12-3-5-13(21)6-4-12/h3-7,9,24-25H,8H2,1-2H3,(H,23,26). The van der Waals surface area contributed by atoms with Crippen LogP contribution in [0.2, 0.25) is 5.15 Å². The van der Waals surface area contributed by atoms with Gasteiger partial charge in [-0.3, -0.25) is 4.79 Å². The van der Waals surface area contributed by atoms with E-state index in [9.17, 15) is 14.3 Å². The van der Waals surface area contributed by atoms with Crippen molar-refractivity contribution < 1.29 is 14.3 Å². The van der Waals surface area contributed by atoms with E-state index in [1.54, 1.807) is 25.1 Å². The summed E-state index contributed by atoms with van der Waals surface area (Å²) in [7, 11) is 0. The molecular formula is C19H17ClFN3O2. The largest absolute Gasteiger partial charge is 0.506 e. The first-order chi connectivity index (χ1) is 12.4. The Bertz CT molecular complexity index is 968. The van der Waals surface area contributed by atoms with E-state index in [0.717, 1.165) is 11.3 Å². The van der Waals surface area contributed by atoms with Crippen molar-refractivity contribution in [2.24, 2.45) is 0 Å². The second kappa shape index (κ2) is 7.17. The molecule has 2 aromatic heterocycles. The lowest BCUT2D eigenvalue weighted by Crippen LogP contribution is -2.23. The number of hydrogen-bond acceptors (Lipinski definition) is 3. The number of rotatable bonds is 4. The minimum Gasteiger partial charge on any atom is -0.506 e. The number of carbonyl (C=O) groups excluding carboxylic acids is 1. The average molecular weight is 374 g/mol. The molecule has 0 fully saturated rings. The lowest BCUT2D eigenvalue weighted by molar-refractivity contribution is 0.0946. The smallest absolute Gasteiger partial charge is 0.268 e.